The molecule has 0 aromatic heterocycles. The van der Waals surface area contributed by atoms with E-state index in [9.17, 15) is 4.39 Å². The van der Waals surface area contributed by atoms with Crippen molar-refractivity contribution in [1.29, 1.82) is 0 Å². The van der Waals surface area contributed by atoms with E-state index in [0.717, 1.165) is 17.3 Å². The monoisotopic (exact) mass is 259 g/mol. The summed E-state index contributed by atoms with van der Waals surface area (Å²) < 4.78 is 14.2. The van der Waals surface area contributed by atoms with Gasteiger partial charge in [0.15, 0.2) is 0 Å². The van der Waals surface area contributed by atoms with Crippen molar-refractivity contribution in [3.05, 3.63) is 28.5 Å². The van der Waals surface area contributed by atoms with Gasteiger partial charge in [0.05, 0.1) is 5.69 Å². The summed E-state index contributed by atoms with van der Waals surface area (Å²) in [7, 11) is 0. The lowest BCUT2D eigenvalue weighted by molar-refractivity contribution is 0.614. The van der Waals surface area contributed by atoms with Crippen LogP contribution in [0.5, 0.6) is 0 Å². The lowest BCUT2D eigenvalue weighted by Gasteiger charge is -2.17. The molecule has 0 amide bonds. The number of rotatable bonds is 4. The van der Waals surface area contributed by atoms with E-state index in [1.54, 1.807) is 6.07 Å². The minimum Gasteiger partial charge on any atom is -0.379 e. The maximum absolute atomic E-state index is 13.4. The van der Waals surface area contributed by atoms with Crippen LogP contribution >= 0.6 is 15.9 Å². The van der Waals surface area contributed by atoms with Crippen LogP contribution in [0.2, 0.25) is 0 Å². The van der Waals surface area contributed by atoms with E-state index < -0.39 is 0 Å². The Balaban J connectivity index is 2.84. The maximum Gasteiger partial charge on any atom is 0.147 e. The molecule has 0 aliphatic carbocycles. The second-order valence-electron chi connectivity index (χ2n) is 3.25. The summed E-state index contributed by atoms with van der Waals surface area (Å²) in [6.45, 7) is 4.19. The van der Waals surface area contributed by atoms with Gasteiger partial charge in [0.25, 0.3) is 0 Å². The summed E-state index contributed by atoms with van der Waals surface area (Å²) in [6, 6.07) is 5.34. The van der Waals surface area contributed by atoms with Crippen LogP contribution in [0.4, 0.5) is 10.1 Å². The minimum absolute atomic E-state index is 0.203. The smallest absolute Gasteiger partial charge is 0.147 e. The van der Waals surface area contributed by atoms with Crippen molar-refractivity contribution in [1.82, 2.24) is 0 Å². The number of hydrogen-bond acceptors (Lipinski definition) is 1. The van der Waals surface area contributed by atoms with Crippen LogP contribution in [0.1, 0.15) is 26.7 Å². The Kier molecular flexibility index (Phi) is 4.39. The van der Waals surface area contributed by atoms with Gasteiger partial charge in [0.1, 0.15) is 5.82 Å². The highest BCUT2D eigenvalue weighted by Crippen LogP contribution is 2.26. The third-order valence-electron chi connectivity index (χ3n) is 2.30. The van der Waals surface area contributed by atoms with Gasteiger partial charge in [-0.15, -0.1) is 0 Å². The number of nitrogens with one attached hydrogen (secondary N) is 1. The Hall–Kier alpha value is -0.570. The first-order valence-electron chi connectivity index (χ1n) is 4.89. The summed E-state index contributed by atoms with van der Waals surface area (Å²) in [6.07, 6.45) is 1.99. The van der Waals surface area contributed by atoms with Gasteiger partial charge in [-0.1, -0.05) is 19.9 Å². The highest BCUT2D eigenvalue weighted by molar-refractivity contribution is 9.10. The van der Waals surface area contributed by atoms with Crippen LogP contribution in [0, 0.1) is 5.82 Å². The quantitative estimate of drug-likeness (QED) is 0.855. The predicted molar refractivity (Wildman–Crippen MR) is 62.1 cm³/mol. The molecule has 1 rings (SSSR count). The summed E-state index contributed by atoms with van der Waals surface area (Å²) in [4.78, 5) is 0. The average molecular weight is 260 g/mol. The van der Waals surface area contributed by atoms with Gasteiger partial charge in [-0.25, -0.2) is 4.39 Å². The number of anilines is 1. The second kappa shape index (κ2) is 5.35. The second-order valence-corrected chi connectivity index (χ2v) is 4.11. The van der Waals surface area contributed by atoms with Crippen LogP contribution in [-0.4, -0.2) is 6.04 Å². The van der Waals surface area contributed by atoms with Crippen LogP contribution in [0.3, 0.4) is 0 Å². The molecule has 1 nitrogen and oxygen atoms in total. The fraction of sp³-hybridized carbons (Fsp3) is 0.455. The molecule has 0 aliphatic heterocycles. The highest BCUT2D eigenvalue weighted by atomic mass is 79.9. The molecule has 0 heterocycles. The van der Waals surface area contributed by atoms with Crippen molar-refractivity contribution in [2.45, 2.75) is 32.7 Å². The summed E-state index contributed by atoms with van der Waals surface area (Å²) in [5.74, 6) is -0.203. The predicted octanol–water partition coefficient (Wildman–Crippen LogP) is 4.19. The highest BCUT2D eigenvalue weighted by Gasteiger charge is 2.09. The zero-order valence-electron chi connectivity index (χ0n) is 8.48. The Labute approximate surface area is 92.8 Å². The largest absolute Gasteiger partial charge is 0.379 e. The third-order valence-corrected chi connectivity index (χ3v) is 2.96. The van der Waals surface area contributed by atoms with Gasteiger partial charge in [0.2, 0.25) is 0 Å². The third kappa shape index (κ3) is 2.71. The van der Waals surface area contributed by atoms with Crippen molar-refractivity contribution in [2.75, 3.05) is 5.32 Å². The van der Waals surface area contributed by atoms with Gasteiger partial charge < -0.3 is 5.32 Å². The van der Waals surface area contributed by atoms with Crippen molar-refractivity contribution in [3.8, 4) is 0 Å². The molecule has 0 spiro atoms. The Morgan fingerprint density at radius 2 is 2.00 bits per heavy atom. The van der Waals surface area contributed by atoms with Gasteiger partial charge in [-0.2, -0.15) is 0 Å². The molecule has 1 aromatic carbocycles. The first-order valence-corrected chi connectivity index (χ1v) is 5.68. The van der Waals surface area contributed by atoms with Gasteiger partial charge in [-0.05, 0) is 40.9 Å². The summed E-state index contributed by atoms with van der Waals surface area (Å²) >= 11 is 3.33. The maximum atomic E-state index is 13.4. The van der Waals surface area contributed by atoms with E-state index in [-0.39, 0.29) is 5.82 Å². The Morgan fingerprint density at radius 1 is 1.36 bits per heavy atom. The number of benzene rings is 1. The molecule has 14 heavy (non-hydrogen) atoms. The van der Waals surface area contributed by atoms with E-state index in [4.69, 9.17) is 0 Å². The van der Waals surface area contributed by atoms with Crippen LogP contribution in [0.25, 0.3) is 0 Å². The topological polar surface area (TPSA) is 12.0 Å². The molecule has 1 N–H and O–H groups in total. The Bertz CT molecular complexity index is 277. The van der Waals surface area contributed by atoms with Gasteiger partial charge in [0, 0.05) is 10.5 Å². The minimum atomic E-state index is -0.203. The van der Waals surface area contributed by atoms with E-state index in [0.29, 0.717) is 11.7 Å². The molecule has 0 fully saturated rings. The first-order chi connectivity index (χ1) is 6.69. The molecule has 0 unspecified atom stereocenters. The molecule has 1 aromatic rings. The van der Waals surface area contributed by atoms with E-state index >= 15 is 0 Å². The summed E-state index contributed by atoms with van der Waals surface area (Å²) in [5.41, 5.74) is 0.571. The molecular formula is C11H15BrFN. The van der Waals surface area contributed by atoms with Crippen molar-refractivity contribution < 1.29 is 4.39 Å². The lowest BCUT2D eigenvalue weighted by atomic mass is 10.1. The number of para-hydroxylation sites is 1. The fourth-order valence-electron chi connectivity index (χ4n) is 1.33. The normalized spacial score (nSPS) is 10.6. The van der Waals surface area contributed by atoms with Crippen molar-refractivity contribution in [2.24, 2.45) is 0 Å². The van der Waals surface area contributed by atoms with Crippen molar-refractivity contribution >= 4 is 21.6 Å². The molecular weight excluding hydrogens is 245 g/mol. The number of halogens is 2. The van der Waals surface area contributed by atoms with Crippen molar-refractivity contribution in [3.63, 3.8) is 0 Å². The standard InChI is InChI=1S/C11H15BrFN/c1-3-8(4-2)14-11-9(12)6-5-7-10(11)13/h5-8,14H,3-4H2,1-2H3. The van der Waals surface area contributed by atoms with Gasteiger partial charge in [-0.3, -0.25) is 0 Å². The molecule has 0 atom stereocenters. The summed E-state index contributed by atoms with van der Waals surface area (Å²) in [5, 5.41) is 3.19. The molecule has 0 bridgehead atoms. The molecule has 0 saturated heterocycles. The van der Waals surface area contributed by atoms with Crippen LogP contribution in [0.15, 0.2) is 22.7 Å². The van der Waals surface area contributed by atoms with E-state index in [1.807, 2.05) is 6.07 Å². The number of hydrogen-bond donors (Lipinski definition) is 1. The molecule has 3 heteroatoms. The molecule has 0 saturated carbocycles. The molecule has 0 aliphatic rings. The van der Waals surface area contributed by atoms with E-state index in [1.165, 1.54) is 6.07 Å². The Morgan fingerprint density at radius 3 is 2.50 bits per heavy atom. The molecule has 0 radical (unpaired) electrons. The van der Waals surface area contributed by atoms with E-state index in [2.05, 4.69) is 35.1 Å². The van der Waals surface area contributed by atoms with Crippen LogP contribution in [-0.2, 0) is 0 Å². The molecule has 78 valence electrons. The first kappa shape index (κ1) is 11.5. The SMILES string of the molecule is CCC(CC)Nc1c(F)cccc1Br. The zero-order chi connectivity index (χ0) is 10.6. The van der Waals surface area contributed by atoms with Gasteiger partial charge >= 0.3 is 0 Å². The lowest BCUT2D eigenvalue weighted by Crippen LogP contribution is -2.18. The average Bonchev–Trinajstić information content (AvgIpc) is 2.18. The fourth-order valence-corrected chi connectivity index (χ4v) is 1.79. The van der Waals surface area contributed by atoms with Crippen LogP contribution < -0.4 is 5.32 Å². The zero-order valence-corrected chi connectivity index (χ0v) is 10.1.